The SMILES string of the molecule is CO[C@H](CN=[N+]=[N-])[C@H](Cc1ccccc1)NC(=O)OC(C)(C)C. The van der Waals surface area contributed by atoms with Crippen LogP contribution in [0.25, 0.3) is 10.4 Å². The van der Waals surface area contributed by atoms with Gasteiger partial charge < -0.3 is 14.8 Å². The molecule has 1 N–H and O–H groups in total. The van der Waals surface area contributed by atoms with E-state index in [4.69, 9.17) is 15.0 Å². The zero-order valence-corrected chi connectivity index (χ0v) is 14.0. The molecule has 1 rings (SSSR count). The fraction of sp³-hybridized carbons (Fsp3) is 0.562. The Morgan fingerprint density at radius 2 is 2.00 bits per heavy atom. The normalized spacial score (nSPS) is 13.6. The number of amides is 1. The first-order valence-electron chi connectivity index (χ1n) is 7.43. The van der Waals surface area contributed by atoms with E-state index in [1.165, 1.54) is 7.11 Å². The predicted octanol–water partition coefficient (Wildman–Crippen LogP) is 3.45. The van der Waals surface area contributed by atoms with Gasteiger partial charge in [-0.05, 0) is 38.3 Å². The second kappa shape index (κ2) is 9.02. The molecule has 7 nitrogen and oxygen atoms in total. The van der Waals surface area contributed by atoms with Crippen LogP contribution in [-0.2, 0) is 15.9 Å². The summed E-state index contributed by atoms with van der Waals surface area (Å²) in [7, 11) is 1.52. The number of carbonyl (C=O) groups is 1. The van der Waals surface area contributed by atoms with Crippen LogP contribution in [0.15, 0.2) is 35.4 Å². The fourth-order valence-electron chi connectivity index (χ4n) is 2.09. The summed E-state index contributed by atoms with van der Waals surface area (Å²) >= 11 is 0. The van der Waals surface area contributed by atoms with Crippen LogP contribution in [-0.4, -0.2) is 37.5 Å². The summed E-state index contributed by atoms with van der Waals surface area (Å²) in [6.07, 6.45) is -0.431. The van der Waals surface area contributed by atoms with Crippen LogP contribution in [0.4, 0.5) is 4.79 Å². The van der Waals surface area contributed by atoms with Crippen LogP contribution in [0.3, 0.4) is 0 Å². The number of nitrogens with one attached hydrogen (secondary N) is 1. The number of benzene rings is 1. The molecule has 0 bridgehead atoms. The third-order valence-electron chi connectivity index (χ3n) is 3.08. The molecule has 0 aliphatic heterocycles. The van der Waals surface area contributed by atoms with Crippen molar-refractivity contribution in [3.8, 4) is 0 Å². The number of alkyl carbamates (subject to hydrolysis) is 1. The van der Waals surface area contributed by atoms with Gasteiger partial charge in [0, 0.05) is 12.0 Å². The summed E-state index contributed by atoms with van der Waals surface area (Å²) in [6.45, 7) is 5.52. The average Bonchev–Trinajstić information content (AvgIpc) is 2.47. The van der Waals surface area contributed by atoms with E-state index in [0.29, 0.717) is 6.42 Å². The molecule has 1 aromatic rings. The summed E-state index contributed by atoms with van der Waals surface area (Å²) in [6, 6.07) is 9.33. The number of methoxy groups -OCH3 is 1. The van der Waals surface area contributed by atoms with Crippen molar-refractivity contribution in [2.75, 3.05) is 13.7 Å². The number of hydrogen-bond acceptors (Lipinski definition) is 4. The Morgan fingerprint density at radius 3 is 2.52 bits per heavy atom. The Balaban J connectivity index is 2.86. The highest BCUT2D eigenvalue weighted by Gasteiger charge is 2.25. The van der Waals surface area contributed by atoms with Gasteiger partial charge >= 0.3 is 6.09 Å². The maximum atomic E-state index is 12.1. The first-order chi connectivity index (χ1) is 10.9. The minimum absolute atomic E-state index is 0.125. The molecular weight excluding hydrogens is 296 g/mol. The lowest BCUT2D eigenvalue weighted by Gasteiger charge is -2.28. The van der Waals surface area contributed by atoms with Crippen LogP contribution >= 0.6 is 0 Å². The lowest BCUT2D eigenvalue weighted by atomic mass is 10.0. The monoisotopic (exact) mass is 320 g/mol. The van der Waals surface area contributed by atoms with Crippen LogP contribution < -0.4 is 5.32 Å². The van der Waals surface area contributed by atoms with Crippen molar-refractivity contribution in [2.45, 2.75) is 44.9 Å². The summed E-state index contributed by atoms with van der Waals surface area (Å²) in [4.78, 5) is 14.8. The molecule has 23 heavy (non-hydrogen) atoms. The third kappa shape index (κ3) is 7.54. The van der Waals surface area contributed by atoms with E-state index in [9.17, 15) is 4.79 Å². The number of carbonyl (C=O) groups excluding carboxylic acids is 1. The lowest BCUT2D eigenvalue weighted by molar-refractivity contribution is 0.0354. The molecule has 0 aliphatic rings. The molecule has 7 heteroatoms. The van der Waals surface area contributed by atoms with E-state index < -0.39 is 17.8 Å². The van der Waals surface area contributed by atoms with Crippen LogP contribution in [0.5, 0.6) is 0 Å². The quantitative estimate of drug-likeness (QED) is 0.473. The molecule has 0 unspecified atom stereocenters. The lowest BCUT2D eigenvalue weighted by Crippen LogP contribution is -2.48. The average molecular weight is 320 g/mol. The van der Waals surface area contributed by atoms with Crippen molar-refractivity contribution < 1.29 is 14.3 Å². The predicted molar refractivity (Wildman–Crippen MR) is 88.1 cm³/mol. The van der Waals surface area contributed by atoms with Gasteiger partial charge in [0.25, 0.3) is 0 Å². The zero-order valence-electron chi connectivity index (χ0n) is 14.0. The van der Waals surface area contributed by atoms with Crippen molar-refractivity contribution in [1.29, 1.82) is 0 Å². The molecule has 0 heterocycles. The van der Waals surface area contributed by atoms with Gasteiger partial charge in [-0.25, -0.2) is 4.79 Å². The van der Waals surface area contributed by atoms with E-state index in [2.05, 4.69) is 15.3 Å². The Morgan fingerprint density at radius 1 is 1.35 bits per heavy atom. The summed E-state index contributed by atoms with van der Waals surface area (Å²) in [5.74, 6) is 0. The van der Waals surface area contributed by atoms with Crippen molar-refractivity contribution >= 4 is 6.09 Å². The minimum atomic E-state index is -0.589. The Hall–Kier alpha value is -2.24. The summed E-state index contributed by atoms with van der Waals surface area (Å²) in [5, 5.41) is 6.36. The molecule has 0 aliphatic carbocycles. The fourth-order valence-corrected chi connectivity index (χ4v) is 2.09. The number of ether oxygens (including phenoxy) is 2. The highest BCUT2D eigenvalue weighted by molar-refractivity contribution is 5.68. The summed E-state index contributed by atoms with van der Waals surface area (Å²) < 4.78 is 10.7. The number of azide groups is 1. The maximum absolute atomic E-state index is 12.1. The molecule has 126 valence electrons. The van der Waals surface area contributed by atoms with Crippen molar-refractivity contribution in [1.82, 2.24) is 5.32 Å². The van der Waals surface area contributed by atoms with Crippen LogP contribution in [0, 0.1) is 0 Å². The molecule has 0 saturated heterocycles. The van der Waals surface area contributed by atoms with E-state index >= 15 is 0 Å². The molecule has 0 radical (unpaired) electrons. The van der Waals surface area contributed by atoms with E-state index in [1.807, 2.05) is 30.3 Å². The molecule has 2 atom stereocenters. The second-order valence-electron chi connectivity index (χ2n) is 6.13. The van der Waals surface area contributed by atoms with E-state index in [-0.39, 0.29) is 12.6 Å². The minimum Gasteiger partial charge on any atom is -0.444 e. The largest absolute Gasteiger partial charge is 0.444 e. The van der Waals surface area contributed by atoms with Crippen LogP contribution in [0.1, 0.15) is 26.3 Å². The van der Waals surface area contributed by atoms with Gasteiger partial charge in [-0.1, -0.05) is 35.4 Å². The smallest absolute Gasteiger partial charge is 0.407 e. The molecule has 0 aromatic heterocycles. The molecular formula is C16H24N4O3. The second-order valence-corrected chi connectivity index (χ2v) is 6.13. The first kappa shape index (κ1) is 18.8. The van der Waals surface area contributed by atoms with Crippen LogP contribution in [0.2, 0.25) is 0 Å². The maximum Gasteiger partial charge on any atom is 0.407 e. The molecule has 0 spiro atoms. The highest BCUT2D eigenvalue weighted by atomic mass is 16.6. The third-order valence-corrected chi connectivity index (χ3v) is 3.08. The first-order valence-corrected chi connectivity index (χ1v) is 7.43. The Kier molecular flexibility index (Phi) is 7.38. The molecule has 1 aromatic carbocycles. The number of hydrogen-bond donors (Lipinski definition) is 1. The van der Waals surface area contributed by atoms with Gasteiger partial charge in [0.05, 0.1) is 18.7 Å². The molecule has 1 amide bonds. The van der Waals surface area contributed by atoms with Gasteiger partial charge in [-0.2, -0.15) is 0 Å². The van der Waals surface area contributed by atoms with Gasteiger partial charge in [-0.3, -0.25) is 0 Å². The van der Waals surface area contributed by atoms with Crippen molar-refractivity contribution in [3.05, 3.63) is 46.3 Å². The number of rotatable bonds is 7. The van der Waals surface area contributed by atoms with E-state index in [1.54, 1.807) is 20.8 Å². The topological polar surface area (TPSA) is 96.3 Å². The number of nitrogens with zero attached hydrogens (tertiary/aromatic N) is 3. The standard InChI is InChI=1S/C16H24N4O3/c1-16(2,3)23-15(21)19-13(14(22-4)11-18-20-17)10-12-8-6-5-7-9-12/h5-9,13-14H,10-11H2,1-4H3,(H,19,21)/t13-,14+/m0/s1. The van der Waals surface area contributed by atoms with Gasteiger partial charge in [0.1, 0.15) is 5.60 Å². The van der Waals surface area contributed by atoms with Gasteiger partial charge in [0.15, 0.2) is 0 Å². The van der Waals surface area contributed by atoms with Gasteiger partial charge in [-0.15, -0.1) is 0 Å². The summed E-state index contributed by atoms with van der Waals surface area (Å²) in [5.41, 5.74) is 8.96. The van der Waals surface area contributed by atoms with Gasteiger partial charge in [0.2, 0.25) is 0 Å². The Bertz CT molecular complexity index is 536. The zero-order chi connectivity index (χ0) is 17.3. The van der Waals surface area contributed by atoms with E-state index in [0.717, 1.165) is 5.56 Å². The molecule has 0 saturated carbocycles. The van der Waals surface area contributed by atoms with Crippen molar-refractivity contribution in [3.63, 3.8) is 0 Å². The molecule has 0 fully saturated rings. The highest BCUT2D eigenvalue weighted by Crippen LogP contribution is 2.12. The Labute approximate surface area is 136 Å². The van der Waals surface area contributed by atoms with Crippen molar-refractivity contribution in [2.24, 2.45) is 5.11 Å².